The fourth-order valence-corrected chi connectivity index (χ4v) is 4.45. The van der Waals surface area contributed by atoms with E-state index in [9.17, 15) is 8.42 Å². The molecular formula is C15H22N2O4S. The summed E-state index contributed by atoms with van der Waals surface area (Å²) in [5.41, 5.74) is 1.04. The molecule has 0 unspecified atom stereocenters. The van der Waals surface area contributed by atoms with Crippen LogP contribution in [0, 0.1) is 0 Å². The van der Waals surface area contributed by atoms with E-state index in [1.165, 1.54) is 6.26 Å². The number of sulfonamides is 1. The highest BCUT2D eigenvalue weighted by Gasteiger charge is 2.43. The van der Waals surface area contributed by atoms with Crippen molar-refractivity contribution in [3.63, 3.8) is 0 Å². The maximum atomic E-state index is 11.7. The van der Waals surface area contributed by atoms with Crippen LogP contribution in [0.15, 0.2) is 24.5 Å². The highest BCUT2D eigenvalue weighted by Crippen LogP contribution is 2.33. The van der Waals surface area contributed by atoms with Gasteiger partial charge in [0.15, 0.2) is 0 Å². The SMILES string of the molecule is CS(=O)(=O)N1CC[C@@H]2O[C@H](COCc3cccnc3)CC[C@@H]21. The third-order valence-electron chi connectivity index (χ3n) is 4.31. The lowest BCUT2D eigenvalue weighted by Gasteiger charge is -2.35. The van der Waals surface area contributed by atoms with Crippen molar-refractivity contribution in [2.45, 2.75) is 44.1 Å². The first kappa shape index (κ1) is 15.9. The average Bonchev–Trinajstić information content (AvgIpc) is 2.91. The fourth-order valence-electron chi connectivity index (χ4n) is 3.28. The predicted octanol–water partition coefficient (Wildman–Crippen LogP) is 1.18. The Hall–Kier alpha value is -1.02. The molecule has 1 aromatic heterocycles. The van der Waals surface area contributed by atoms with Gasteiger partial charge in [-0.05, 0) is 30.9 Å². The van der Waals surface area contributed by atoms with E-state index in [0.717, 1.165) is 24.8 Å². The molecule has 0 amide bonds. The minimum absolute atomic E-state index is 0.00423. The Morgan fingerprint density at radius 2 is 2.27 bits per heavy atom. The van der Waals surface area contributed by atoms with E-state index < -0.39 is 10.0 Å². The van der Waals surface area contributed by atoms with Crippen LogP contribution >= 0.6 is 0 Å². The zero-order valence-corrected chi connectivity index (χ0v) is 13.5. The topological polar surface area (TPSA) is 68.7 Å². The molecule has 2 aliphatic heterocycles. The van der Waals surface area contributed by atoms with E-state index in [1.54, 1.807) is 16.7 Å². The molecule has 0 saturated carbocycles. The van der Waals surface area contributed by atoms with E-state index >= 15 is 0 Å². The standard InChI is InChI=1S/C15H22N2O4S/c1-22(18,19)17-8-6-15-14(17)5-4-13(21-15)11-20-10-12-3-2-7-16-9-12/h2-3,7,9,13-15H,4-6,8,10-11H2,1H3/t13-,14-,15-/m0/s1. The normalized spacial score (nSPS) is 29.4. The van der Waals surface area contributed by atoms with Gasteiger partial charge in [-0.3, -0.25) is 4.98 Å². The van der Waals surface area contributed by atoms with Crippen LogP contribution in [-0.4, -0.2) is 55.4 Å². The first-order valence-corrected chi connectivity index (χ1v) is 9.48. The molecule has 0 aliphatic carbocycles. The third-order valence-corrected chi connectivity index (χ3v) is 5.61. The summed E-state index contributed by atoms with van der Waals surface area (Å²) in [4.78, 5) is 4.05. The zero-order valence-electron chi connectivity index (χ0n) is 12.7. The van der Waals surface area contributed by atoms with E-state index in [1.807, 2.05) is 12.1 Å². The Labute approximate surface area is 131 Å². The number of hydrogen-bond acceptors (Lipinski definition) is 5. The molecule has 122 valence electrons. The van der Waals surface area contributed by atoms with Crippen molar-refractivity contribution in [1.82, 2.24) is 9.29 Å². The lowest BCUT2D eigenvalue weighted by atomic mass is 10.0. The van der Waals surface area contributed by atoms with Gasteiger partial charge in [0, 0.05) is 18.9 Å². The summed E-state index contributed by atoms with van der Waals surface area (Å²) in [6, 6.07) is 3.87. The molecule has 2 saturated heterocycles. The monoisotopic (exact) mass is 326 g/mol. The Bertz CT molecular complexity index is 593. The van der Waals surface area contributed by atoms with Crippen LogP contribution in [0.25, 0.3) is 0 Å². The summed E-state index contributed by atoms with van der Waals surface area (Å²) < 4.78 is 36.8. The number of hydrogen-bond donors (Lipinski definition) is 0. The lowest BCUT2D eigenvalue weighted by molar-refractivity contribution is -0.0961. The number of pyridine rings is 1. The van der Waals surface area contributed by atoms with Gasteiger partial charge in [0.2, 0.25) is 10.0 Å². The summed E-state index contributed by atoms with van der Waals surface area (Å²) in [5, 5.41) is 0. The first-order chi connectivity index (χ1) is 10.5. The summed E-state index contributed by atoms with van der Waals surface area (Å²) in [7, 11) is -3.13. The maximum Gasteiger partial charge on any atom is 0.211 e. The van der Waals surface area contributed by atoms with Crippen LogP contribution in [0.1, 0.15) is 24.8 Å². The van der Waals surface area contributed by atoms with Gasteiger partial charge in [-0.15, -0.1) is 0 Å². The molecule has 6 nitrogen and oxygen atoms in total. The molecule has 22 heavy (non-hydrogen) atoms. The molecule has 0 N–H and O–H groups in total. The molecule has 3 atom stereocenters. The minimum atomic E-state index is -3.13. The molecule has 3 rings (SSSR count). The number of aromatic nitrogens is 1. The van der Waals surface area contributed by atoms with Crippen LogP contribution in [0.3, 0.4) is 0 Å². The Morgan fingerprint density at radius 1 is 1.41 bits per heavy atom. The molecule has 2 fully saturated rings. The largest absolute Gasteiger partial charge is 0.374 e. The molecule has 7 heteroatoms. The van der Waals surface area contributed by atoms with Crippen LogP contribution in [-0.2, 0) is 26.1 Å². The molecule has 0 bridgehead atoms. The number of nitrogens with zero attached hydrogens (tertiary/aromatic N) is 2. The van der Waals surface area contributed by atoms with Crippen molar-refractivity contribution in [2.24, 2.45) is 0 Å². The Balaban J connectivity index is 1.47. The average molecular weight is 326 g/mol. The van der Waals surface area contributed by atoms with Crippen molar-refractivity contribution < 1.29 is 17.9 Å². The molecular weight excluding hydrogens is 304 g/mol. The summed E-state index contributed by atoms with van der Waals surface area (Å²) in [5.74, 6) is 0. The van der Waals surface area contributed by atoms with Crippen molar-refractivity contribution in [3.8, 4) is 0 Å². The van der Waals surface area contributed by atoms with Gasteiger partial charge in [0.05, 0.1) is 37.7 Å². The third kappa shape index (κ3) is 3.65. The van der Waals surface area contributed by atoms with Crippen molar-refractivity contribution in [3.05, 3.63) is 30.1 Å². The van der Waals surface area contributed by atoms with E-state index in [2.05, 4.69) is 4.98 Å². The second kappa shape index (κ2) is 6.62. The van der Waals surface area contributed by atoms with Crippen molar-refractivity contribution in [2.75, 3.05) is 19.4 Å². The summed E-state index contributed by atoms with van der Waals surface area (Å²) in [6.07, 6.45) is 7.32. The van der Waals surface area contributed by atoms with Gasteiger partial charge >= 0.3 is 0 Å². The lowest BCUT2D eigenvalue weighted by Crippen LogP contribution is -2.45. The highest BCUT2D eigenvalue weighted by atomic mass is 32.2. The van der Waals surface area contributed by atoms with Crippen LogP contribution in [0.5, 0.6) is 0 Å². The van der Waals surface area contributed by atoms with Gasteiger partial charge in [0.25, 0.3) is 0 Å². The molecule has 0 aromatic carbocycles. The summed E-state index contributed by atoms with van der Waals surface area (Å²) in [6.45, 7) is 1.63. The van der Waals surface area contributed by atoms with Crippen LogP contribution in [0.2, 0.25) is 0 Å². The highest BCUT2D eigenvalue weighted by molar-refractivity contribution is 7.88. The Morgan fingerprint density at radius 3 is 3.00 bits per heavy atom. The molecule has 3 heterocycles. The second-order valence-corrected chi connectivity index (χ2v) is 7.92. The molecule has 2 aliphatic rings. The van der Waals surface area contributed by atoms with Crippen molar-refractivity contribution in [1.29, 1.82) is 0 Å². The van der Waals surface area contributed by atoms with Crippen molar-refractivity contribution >= 4 is 10.0 Å². The van der Waals surface area contributed by atoms with Gasteiger partial charge in [-0.25, -0.2) is 8.42 Å². The minimum Gasteiger partial charge on any atom is -0.374 e. The molecule has 0 radical (unpaired) electrons. The van der Waals surface area contributed by atoms with Crippen LogP contribution < -0.4 is 0 Å². The molecule has 0 spiro atoms. The quantitative estimate of drug-likeness (QED) is 0.813. The second-order valence-electron chi connectivity index (χ2n) is 5.98. The Kier molecular flexibility index (Phi) is 4.77. The summed E-state index contributed by atoms with van der Waals surface area (Å²) >= 11 is 0. The van der Waals surface area contributed by atoms with Gasteiger partial charge < -0.3 is 9.47 Å². The number of rotatable bonds is 5. The maximum absolute atomic E-state index is 11.7. The van der Waals surface area contributed by atoms with Gasteiger partial charge in [0.1, 0.15) is 0 Å². The first-order valence-electron chi connectivity index (χ1n) is 7.63. The van der Waals surface area contributed by atoms with Crippen LogP contribution in [0.4, 0.5) is 0 Å². The smallest absolute Gasteiger partial charge is 0.211 e. The van der Waals surface area contributed by atoms with E-state index in [0.29, 0.717) is 19.8 Å². The fraction of sp³-hybridized carbons (Fsp3) is 0.667. The predicted molar refractivity (Wildman–Crippen MR) is 81.7 cm³/mol. The number of fused-ring (bicyclic) bond motifs is 1. The van der Waals surface area contributed by atoms with E-state index in [4.69, 9.17) is 9.47 Å². The zero-order chi connectivity index (χ0) is 15.6. The number of ether oxygens (including phenoxy) is 2. The van der Waals surface area contributed by atoms with Gasteiger partial charge in [-0.1, -0.05) is 6.07 Å². The van der Waals surface area contributed by atoms with Gasteiger partial charge in [-0.2, -0.15) is 4.31 Å². The van der Waals surface area contributed by atoms with E-state index in [-0.39, 0.29) is 18.2 Å². The molecule has 1 aromatic rings.